The molecule has 6 heteroatoms. The summed E-state index contributed by atoms with van der Waals surface area (Å²) in [5, 5.41) is 6.15. The molecule has 6 nitrogen and oxygen atoms in total. The van der Waals surface area contributed by atoms with Crippen LogP contribution in [0.4, 0.5) is 0 Å². The van der Waals surface area contributed by atoms with Crippen molar-refractivity contribution in [1.29, 1.82) is 0 Å². The fourth-order valence-electron chi connectivity index (χ4n) is 0.971. The third-order valence-corrected chi connectivity index (χ3v) is 1.53. The summed E-state index contributed by atoms with van der Waals surface area (Å²) in [4.78, 5) is 22.0. The van der Waals surface area contributed by atoms with Crippen molar-refractivity contribution in [1.82, 2.24) is 15.1 Å². The van der Waals surface area contributed by atoms with Gasteiger partial charge in [-0.3, -0.25) is 14.3 Å². The van der Waals surface area contributed by atoms with E-state index < -0.39 is 5.91 Å². The molecule has 0 saturated carbocycles. The molecular weight excluding hydrogens is 172 g/mol. The lowest BCUT2D eigenvalue weighted by atomic mass is 10.2. The average molecular weight is 182 g/mol. The molecule has 0 aliphatic heterocycles. The lowest BCUT2D eigenvalue weighted by Crippen LogP contribution is -2.22. The Labute approximate surface area is 74.7 Å². The van der Waals surface area contributed by atoms with E-state index >= 15 is 0 Å². The van der Waals surface area contributed by atoms with E-state index in [1.54, 1.807) is 7.05 Å². The Balaban J connectivity index is 3.19. The Morgan fingerprint density at radius 2 is 2.23 bits per heavy atom. The number of rotatable bonds is 2. The first-order valence-corrected chi connectivity index (χ1v) is 3.61. The molecular formula is C7H10N4O2. The van der Waals surface area contributed by atoms with Crippen molar-refractivity contribution in [2.45, 2.75) is 0 Å². The number of carbonyl (C=O) groups excluding carboxylic acids is 2. The minimum atomic E-state index is -0.709. The highest BCUT2D eigenvalue weighted by atomic mass is 16.2. The molecule has 3 N–H and O–H groups in total. The van der Waals surface area contributed by atoms with Gasteiger partial charge in [-0.2, -0.15) is 5.10 Å². The van der Waals surface area contributed by atoms with Gasteiger partial charge in [0.1, 0.15) is 0 Å². The lowest BCUT2D eigenvalue weighted by Gasteiger charge is -1.95. The molecule has 0 spiro atoms. The number of primary amides is 1. The summed E-state index contributed by atoms with van der Waals surface area (Å²) in [5.41, 5.74) is 5.21. The zero-order chi connectivity index (χ0) is 10.0. The fourth-order valence-corrected chi connectivity index (χ4v) is 0.971. The summed E-state index contributed by atoms with van der Waals surface area (Å²) in [6.45, 7) is 0. The van der Waals surface area contributed by atoms with Crippen LogP contribution in [0.25, 0.3) is 0 Å². The zero-order valence-electron chi connectivity index (χ0n) is 7.37. The summed E-state index contributed by atoms with van der Waals surface area (Å²) in [5.74, 6) is -1.08. The maximum atomic E-state index is 11.2. The molecule has 1 aromatic heterocycles. The summed E-state index contributed by atoms with van der Waals surface area (Å²) < 4.78 is 1.37. The van der Waals surface area contributed by atoms with Gasteiger partial charge in [0.2, 0.25) is 0 Å². The monoisotopic (exact) mass is 182 g/mol. The molecule has 0 unspecified atom stereocenters. The highest BCUT2D eigenvalue weighted by Gasteiger charge is 2.17. The second-order valence-corrected chi connectivity index (χ2v) is 2.51. The molecule has 13 heavy (non-hydrogen) atoms. The zero-order valence-corrected chi connectivity index (χ0v) is 7.37. The van der Waals surface area contributed by atoms with Gasteiger partial charge in [-0.1, -0.05) is 0 Å². The summed E-state index contributed by atoms with van der Waals surface area (Å²) in [6.07, 6.45) is 1.44. The molecule has 0 radical (unpaired) electrons. The van der Waals surface area contributed by atoms with Crippen LogP contribution in [0.1, 0.15) is 20.8 Å². The first kappa shape index (κ1) is 9.24. The molecule has 0 bridgehead atoms. The van der Waals surface area contributed by atoms with E-state index in [1.807, 2.05) is 0 Å². The van der Waals surface area contributed by atoms with Crippen molar-refractivity contribution in [3.63, 3.8) is 0 Å². The van der Waals surface area contributed by atoms with Gasteiger partial charge in [0.25, 0.3) is 11.8 Å². The van der Waals surface area contributed by atoms with Crippen molar-refractivity contribution in [2.24, 2.45) is 12.8 Å². The van der Waals surface area contributed by atoms with E-state index in [0.29, 0.717) is 0 Å². The molecule has 0 fully saturated rings. The molecule has 1 aromatic rings. The van der Waals surface area contributed by atoms with E-state index in [2.05, 4.69) is 10.4 Å². The molecule has 1 rings (SSSR count). The number of amides is 2. The standard InChI is InChI=1S/C7H10N4O2/c1-9-7(13)4-3-11(2)10-5(4)6(8)12/h3H,1-2H3,(H2,8,12)(H,9,13). The van der Waals surface area contributed by atoms with E-state index in [-0.39, 0.29) is 17.2 Å². The van der Waals surface area contributed by atoms with Gasteiger partial charge in [-0.05, 0) is 0 Å². The number of nitrogens with one attached hydrogen (secondary N) is 1. The fraction of sp³-hybridized carbons (Fsp3) is 0.286. The van der Waals surface area contributed by atoms with E-state index in [1.165, 1.54) is 17.9 Å². The quantitative estimate of drug-likeness (QED) is 0.607. The predicted molar refractivity (Wildman–Crippen MR) is 45.1 cm³/mol. The van der Waals surface area contributed by atoms with Gasteiger partial charge < -0.3 is 11.1 Å². The van der Waals surface area contributed by atoms with Gasteiger partial charge in [0.05, 0.1) is 5.56 Å². The topological polar surface area (TPSA) is 90.0 Å². The smallest absolute Gasteiger partial charge is 0.270 e. The molecule has 2 amide bonds. The first-order chi connectivity index (χ1) is 6.06. The normalized spacial score (nSPS) is 9.69. The molecule has 0 aliphatic carbocycles. The number of aromatic nitrogens is 2. The Hall–Kier alpha value is -1.85. The number of nitrogens with zero attached hydrogens (tertiary/aromatic N) is 2. The number of carbonyl (C=O) groups is 2. The van der Waals surface area contributed by atoms with Crippen LogP contribution in [-0.4, -0.2) is 28.6 Å². The Morgan fingerprint density at radius 1 is 1.62 bits per heavy atom. The SMILES string of the molecule is CNC(=O)c1cn(C)nc1C(N)=O. The molecule has 1 heterocycles. The predicted octanol–water partition coefficient (Wildman–Crippen LogP) is -1.12. The number of hydrogen-bond donors (Lipinski definition) is 2. The minimum absolute atomic E-state index is 0.0122. The van der Waals surface area contributed by atoms with Gasteiger partial charge in [-0.25, -0.2) is 0 Å². The van der Waals surface area contributed by atoms with Crippen LogP contribution < -0.4 is 11.1 Å². The highest BCUT2D eigenvalue weighted by Crippen LogP contribution is 2.04. The minimum Gasteiger partial charge on any atom is -0.364 e. The van der Waals surface area contributed by atoms with Crippen LogP contribution in [0.3, 0.4) is 0 Å². The summed E-state index contributed by atoms with van der Waals surface area (Å²) in [7, 11) is 3.08. The van der Waals surface area contributed by atoms with E-state index in [0.717, 1.165) is 0 Å². The van der Waals surface area contributed by atoms with Gasteiger partial charge in [0, 0.05) is 20.3 Å². The summed E-state index contributed by atoms with van der Waals surface area (Å²) >= 11 is 0. The lowest BCUT2D eigenvalue weighted by molar-refractivity contribution is 0.0942. The van der Waals surface area contributed by atoms with Gasteiger partial charge >= 0.3 is 0 Å². The van der Waals surface area contributed by atoms with Crippen molar-refractivity contribution >= 4 is 11.8 Å². The van der Waals surface area contributed by atoms with Crippen LogP contribution >= 0.6 is 0 Å². The van der Waals surface area contributed by atoms with Crippen molar-refractivity contribution < 1.29 is 9.59 Å². The van der Waals surface area contributed by atoms with Gasteiger partial charge in [-0.15, -0.1) is 0 Å². The third kappa shape index (κ3) is 1.66. The Morgan fingerprint density at radius 3 is 2.69 bits per heavy atom. The second-order valence-electron chi connectivity index (χ2n) is 2.51. The van der Waals surface area contributed by atoms with Crippen LogP contribution in [0.15, 0.2) is 6.20 Å². The van der Waals surface area contributed by atoms with Crippen molar-refractivity contribution in [3.8, 4) is 0 Å². The number of hydrogen-bond acceptors (Lipinski definition) is 3. The van der Waals surface area contributed by atoms with Crippen LogP contribution in [0.5, 0.6) is 0 Å². The van der Waals surface area contributed by atoms with Crippen molar-refractivity contribution in [3.05, 3.63) is 17.5 Å². The highest BCUT2D eigenvalue weighted by molar-refractivity contribution is 6.05. The first-order valence-electron chi connectivity index (χ1n) is 3.61. The average Bonchev–Trinajstić information content (AvgIpc) is 2.46. The van der Waals surface area contributed by atoms with E-state index in [4.69, 9.17) is 5.73 Å². The van der Waals surface area contributed by atoms with Crippen LogP contribution in [0.2, 0.25) is 0 Å². The number of nitrogens with two attached hydrogens (primary N) is 1. The Bertz CT molecular complexity index is 355. The largest absolute Gasteiger partial charge is 0.364 e. The summed E-state index contributed by atoms with van der Waals surface area (Å²) in [6, 6.07) is 0. The van der Waals surface area contributed by atoms with Crippen molar-refractivity contribution in [2.75, 3.05) is 7.05 Å². The van der Waals surface area contributed by atoms with Gasteiger partial charge in [0.15, 0.2) is 5.69 Å². The molecule has 0 atom stereocenters. The Kier molecular flexibility index (Phi) is 2.32. The molecule has 70 valence electrons. The molecule has 0 aliphatic rings. The third-order valence-electron chi connectivity index (χ3n) is 1.53. The van der Waals surface area contributed by atoms with E-state index in [9.17, 15) is 9.59 Å². The second kappa shape index (κ2) is 3.26. The van der Waals surface area contributed by atoms with Crippen LogP contribution in [0, 0.1) is 0 Å². The molecule has 0 saturated heterocycles. The number of aryl methyl sites for hydroxylation is 1. The molecule has 0 aromatic carbocycles. The van der Waals surface area contributed by atoms with Crippen LogP contribution in [-0.2, 0) is 7.05 Å². The maximum Gasteiger partial charge on any atom is 0.270 e. The maximum absolute atomic E-state index is 11.2.